The van der Waals surface area contributed by atoms with E-state index in [4.69, 9.17) is 19.4 Å². The largest absolute Gasteiger partial charge is 0.456 e. The zero-order valence-electron chi connectivity index (χ0n) is 28.0. The molecule has 8 nitrogen and oxygen atoms in total. The van der Waals surface area contributed by atoms with Gasteiger partial charge in [0.25, 0.3) is 5.69 Å². The fourth-order valence-corrected chi connectivity index (χ4v) is 7.34. The van der Waals surface area contributed by atoms with Crippen molar-refractivity contribution in [3.63, 3.8) is 0 Å². The molecular formula is C45H27N5O3. The Morgan fingerprint density at radius 3 is 1.75 bits per heavy atom. The fourth-order valence-electron chi connectivity index (χ4n) is 7.34. The van der Waals surface area contributed by atoms with E-state index >= 15 is 0 Å². The Bertz CT molecular complexity index is 2970. The molecule has 0 aliphatic carbocycles. The van der Waals surface area contributed by atoms with E-state index in [-0.39, 0.29) is 10.6 Å². The summed E-state index contributed by atoms with van der Waals surface area (Å²) >= 11 is 0. The molecule has 10 aromatic rings. The SMILES string of the molecule is O=[N+]([O-])c1ccc(-c2cc(-c3nc(-c4ccccc4)nc(-c4ccccc4)n3)ccc2-n2c3ccccc3c3c4c(ccc32)oc2ccccc24)cc1. The summed E-state index contributed by atoms with van der Waals surface area (Å²) in [4.78, 5) is 26.2. The van der Waals surface area contributed by atoms with Crippen LogP contribution in [0.2, 0.25) is 0 Å². The molecule has 0 saturated heterocycles. The molecule has 3 aromatic heterocycles. The summed E-state index contributed by atoms with van der Waals surface area (Å²) in [5, 5.41) is 16.0. The first-order valence-electron chi connectivity index (χ1n) is 17.2. The monoisotopic (exact) mass is 685 g/mol. The van der Waals surface area contributed by atoms with Gasteiger partial charge in [0, 0.05) is 55.9 Å². The second kappa shape index (κ2) is 12.1. The molecule has 7 aromatic carbocycles. The number of benzene rings is 7. The van der Waals surface area contributed by atoms with Gasteiger partial charge in [-0.25, -0.2) is 15.0 Å². The van der Waals surface area contributed by atoms with Crippen LogP contribution in [0.15, 0.2) is 168 Å². The van der Waals surface area contributed by atoms with Crippen LogP contribution in [0.5, 0.6) is 0 Å². The van der Waals surface area contributed by atoms with Crippen molar-refractivity contribution in [2.45, 2.75) is 0 Å². The third-order valence-corrected chi connectivity index (χ3v) is 9.76. The number of aromatic nitrogens is 4. The standard InChI is InChI=1S/C45H27N5O3/c51-50(52)32-22-19-28(20-23-32)35-27-31(45-47-43(29-11-3-1-4-12-29)46-44(48-45)30-13-5-2-6-14-30)21-24-37(35)49-36-17-9-7-15-33(36)41-38(49)25-26-40-42(41)34-16-8-10-18-39(34)53-40/h1-27H. The van der Waals surface area contributed by atoms with Crippen molar-refractivity contribution in [1.82, 2.24) is 19.5 Å². The molecule has 0 saturated carbocycles. The topological polar surface area (TPSA) is 99.9 Å². The molecular weight excluding hydrogens is 659 g/mol. The number of hydrogen-bond acceptors (Lipinski definition) is 6. The molecule has 0 unspecified atom stereocenters. The molecule has 0 aliphatic rings. The van der Waals surface area contributed by atoms with Gasteiger partial charge in [0.15, 0.2) is 17.5 Å². The van der Waals surface area contributed by atoms with E-state index in [9.17, 15) is 10.1 Å². The minimum absolute atomic E-state index is 0.0232. The van der Waals surface area contributed by atoms with E-state index in [0.717, 1.165) is 77.2 Å². The predicted octanol–water partition coefficient (Wildman–Crippen LogP) is 11.4. The molecule has 0 bridgehead atoms. The number of para-hydroxylation sites is 2. The van der Waals surface area contributed by atoms with Crippen molar-refractivity contribution in [2.75, 3.05) is 0 Å². The summed E-state index contributed by atoms with van der Waals surface area (Å²) in [5.74, 6) is 1.64. The predicted molar refractivity (Wildman–Crippen MR) is 210 cm³/mol. The molecule has 250 valence electrons. The van der Waals surface area contributed by atoms with Crippen molar-refractivity contribution in [3.05, 3.63) is 174 Å². The highest BCUT2D eigenvalue weighted by Crippen LogP contribution is 2.43. The number of nitro groups is 1. The van der Waals surface area contributed by atoms with Crippen LogP contribution in [0.1, 0.15) is 0 Å². The van der Waals surface area contributed by atoms with Gasteiger partial charge in [-0.3, -0.25) is 10.1 Å². The summed E-state index contributed by atoms with van der Waals surface area (Å²) in [7, 11) is 0. The molecule has 0 atom stereocenters. The normalized spacial score (nSPS) is 11.5. The number of nitrogens with zero attached hydrogens (tertiary/aromatic N) is 5. The van der Waals surface area contributed by atoms with Gasteiger partial charge in [-0.15, -0.1) is 0 Å². The quantitative estimate of drug-likeness (QED) is 0.128. The maximum atomic E-state index is 11.7. The summed E-state index contributed by atoms with van der Waals surface area (Å²) in [6.45, 7) is 0. The second-order valence-corrected chi connectivity index (χ2v) is 12.9. The first-order chi connectivity index (χ1) is 26.1. The maximum Gasteiger partial charge on any atom is 0.269 e. The number of nitro benzene ring substituents is 1. The van der Waals surface area contributed by atoms with Gasteiger partial charge in [0.2, 0.25) is 0 Å². The first-order valence-corrected chi connectivity index (χ1v) is 17.2. The Morgan fingerprint density at radius 1 is 0.491 bits per heavy atom. The highest BCUT2D eigenvalue weighted by atomic mass is 16.6. The number of non-ortho nitro benzene ring substituents is 1. The average Bonchev–Trinajstić information content (AvgIpc) is 3.77. The van der Waals surface area contributed by atoms with Crippen molar-refractivity contribution in [1.29, 1.82) is 0 Å². The molecule has 0 spiro atoms. The minimum atomic E-state index is -0.379. The van der Waals surface area contributed by atoms with Crippen LogP contribution in [0.4, 0.5) is 5.69 Å². The van der Waals surface area contributed by atoms with Gasteiger partial charge in [0.1, 0.15) is 11.2 Å². The molecule has 0 N–H and O–H groups in total. The molecule has 3 heterocycles. The molecule has 0 aliphatic heterocycles. The van der Waals surface area contributed by atoms with Gasteiger partial charge >= 0.3 is 0 Å². The summed E-state index contributed by atoms with van der Waals surface area (Å²) in [6, 6.07) is 53.3. The molecule has 0 radical (unpaired) electrons. The Labute approximate surface area is 302 Å². The average molecular weight is 686 g/mol. The number of rotatable bonds is 6. The van der Waals surface area contributed by atoms with Crippen molar-refractivity contribution in [2.24, 2.45) is 0 Å². The van der Waals surface area contributed by atoms with E-state index in [2.05, 4.69) is 47.0 Å². The number of furan rings is 1. The minimum Gasteiger partial charge on any atom is -0.456 e. The highest BCUT2D eigenvalue weighted by molar-refractivity contribution is 6.27. The van der Waals surface area contributed by atoms with Crippen LogP contribution < -0.4 is 0 Å². The van der Waals surface area contributed by atoms with Gasteiger partial charge in [-0.2, -0.15) is 0 Å². The molecule has 0 amide bonds. The van der Waals surface area contributed by atoms with E-state index in [1.54, 1.807) is 24.3 Å². The van der Waals surface area contributed by atoms with Crippen LogP contribution in [-0.4, -0.2) is 24.4 Å². The lowest BCUT2D eigenvalue weighted by Gasteiger charge is -2.16. The Morgan fingerprint density at radius 2 is 1.08 bits per heavy atom. The van der Waals surface area contributed by atoms with Gasteiger partial charge < -0.3 is 8.98 Å². The molecule has 53 heavy (non-hydrogen) atoms. The van der Waals surface area contributed by atoms with Crippen LogP contribution >= 0.6 is 0 Å². The van der Waals surface area contributed by atoms with Gasteiger partial charge in [0.05, 0.1) is 21.6 Å². The van der Waals surface area contributed by atoms with Crippen molar-refractivity contribution in [3.8, 4) is 51.0 Å². The van der Waals surface area contributed by atoms with E-state index in [0.29, 0.717) is 17.5 Å². The van der Waals surface area contributed by atoms with Gasteiger partial charge in [-0.1, -0.05) is 97.1 Å². The summed E-state index contributed by atoms with van der Waals surface area (Å²) in [6.07, 6.45) is 0. The summed E-state index contributed by atoms with van der Waals surface area (Å²) in [5.41, 5.74) is 8.84. The molecule has 8 heteroatoms. The third-order valence-electron chi connectivity index (χ3n) is 9.76. The number of fused-ring (bicyclic) bond motifs is 7. The first kappa shape index (κ1) is 30.4. The van der Waals surface area contributed by atoms with E-state index in [1.807, 2.05) is 97.1 Å². The molecule has 10 rings (SSSR count). The zero-order valence-corrected chi connectivity index (χ0v) is 28.0. The van der Waals surface area contributed by atoms with E-state index < -0.39 is 0 Å². The Balaban J connectivity index is 1.25. The van der Waals surface area contributed by atoms with E-state index in [1.165, 1.54) is 0 Å². The van der Waals surface area contributed by atoms with Crippen LogP contribution in [-0.2, 0) is 0 Å². The molecule has 0 fully saturated rings. The van der Waals surface area contributed by atoms with Crippen LogP contribution in [0, 0.1) is 10.1 Å². The smallest absolute Gasteiger partial charge is 0.269 e. The Hall–Kier alpha value is -7.45. The third kappa shape index (κ3) is 5.04. The lowest BCUT2D eigenvalue weighted by Crippen LogP contribution is -2.02. The highest BCUT2D eigenvalue weighted by Gasteiger charge is 2.22. The van der Waals surface area contributed by atoms with Gasteiger partial charge in [-0.05, 0) is 60.2 Å². The fraction of sp³-hybridized carbons (Fsp3) is 0. The van der Waals surface area contributed by atoms with Crippen LogP contribution in [0.25, 0.3) is 94.7 Å². The lowest BCUT2D eigenvalue weighted by molar-refractivity contribution is -0.384. The van der Waals surface area contributed by atoms with Crippen molar-refractivity contribution < 1.29 is 9.34 Å². The maximum absolute atomic E-state index is 11.7. The van der Waals surface area contributed by atoms with Crippen LogP contribution in [0.3, 0.4) is 0 Å². The zero-order chi connectivity index (χ0) is 35.5. The Kier molecular flexibility index (Phi) is 6.94. The lowest BCUT2D eigenvalue weighted by atomic mass is 9.99. The van der Waals surface area contributed by atoms with Crippen molar-refractivity contribution >= 4 is 49.4 Å². The second-order valence-electron chi connectivity index (χ2n) is 12.9. The number of hydrogen-bond donors (Lipinski definition) is 0. The summed E-state index contributed by atoms with van der Waals surface area (Å²) < 4.78 is 8.58.